The van der Waals surface area contributed by atoms with Gasteiger partial charge in [-0.15, -0.1) is 5.92 Å². The number of carbonyl (C=O) groups is 1. The van der Waals surface area contributed by atoms with Gasteiger partial charge in [-0.05, 0) is 33.8 Å². The summed E-state index contributed by atoms with van der Waals surface area (Å²) in [6.45, 7) is 7.40. The molecule has 1 aromatic heterocycles. The van der Waals surface area contributed by atoms with Crippen molar-refractivity contribution in [1.29, 1.82) is 0 Å². The normalized spacial score (nSPS) is 12.0. The smallest absolute Gasteiger partial charge is 0.290 e. The lowest BCUT2D eigenvalue weighted by Gasteiger charge is -2.24. The topological polar surface area (TPSA) is 60.5 Å². The fraction of sp³-hybridized carbons (Fsp3) is 0.467. The van der Waals surface area contributed by atoms with Crippen LogP contribution in [0.5, 0.6) is 5.88 Å². The Bertz CT molecular complexity index is 532. The van der Waals surface area contributed by atoms with E-state index in [4.69, 9.17) is 21.1 Å². The Balaban J connectivity index is 2.77. The first-order valence-corrected chi connectivity index (χ1v) is 6.91. The molecule has 0 aliphatic heterocycles. The zero-order valence-corrected chi connectivity index (χ0v) is 13.3. The minimum atomic E-state index is -1.10. The van der Waals surface area contributed by atoms with E-state index in [0.717, 1.165) is 0 Å². The van der Waals surface area contributed by atoms with E-state index >= 15 is 0 Å². The highest BCUT2D eigenvalue weighted by Gasteiger charge is 2.26. The molecule has 0 saturated carbocycles. The highest BCUT2D eigenvalue weighted by atomic mass is 35.5. The van der Waals surface area contributed by atoms with Crippen molar-refractivity contribution < 1.29 is 14.3 Å². The Morgan fingerprint density at radius 1 is 1.52 bits per heavy atom. The van der Waals surface area contributed by atoms with Crippen LogP contribution >= 0.6 is 11.6 Å². The molecule has 114 valence electrons. The lowest BCUT2D eigenvalue weighted by atomic mass is 10.1. The first-order valence-electron chi connectivity index (χ1n) is 6.53. The van der Waals surface area contributed by atoms with E-state index in [1.165, 1.54) is 6.20 Å². The number of hydrogen-bond donors (Lipinski definition) is 1. The van der Waals surface area contributed by atoms with E-state index in [1.807, 2.05) is 0 Å². The van der Waals surface area contributed by atoms with Gasteiger partial charge in [-0.3, -0.25) is 4.79 Å². The maximum Gasteiger partial charge on any atom is 0.290 e. The van der Waals surface area contributed by atoms with E-state index in [2.05, 4.69) is 22.1 Å². The van der Waals surface area contributed by atoms with Crippen molar-refractivity contribution >= 4 is 17.5 Å². The molecule has 0 bridgehead atoms. The molecule has 1 aromatic rings. The molecule has 21 heavy (non-hydrogen) atoms. The maximum absolute atomic E-state index is 12.2. The van der Waals surface area contributed by atoms with E-state index in [0.29, 0.717) is 11.6 Å². The molecule has 1 rings (SSSR count). The molecule has 0 radical (unpaired) electrons. The molecule has 0 fully saturated rings. The molecular formula is C15H19ClN2O3. The predicted octanol–water partition coefficient (Wildman–Crippen LogP) is 2.39. The molecule has 1 N–H and O–H groups in total. The predicted molar refractivity (Wildman–Crippen MR) is 81.0 cm³/mol. The number of pyridine rings is 1. The van der Waals surface area contributed by atoms with Gasteiger partial charge in [-0.1, -0.05) is 17.5 Å². The van der Waals surface area contributed by atoms with Gasteiger partial charge in [0.2, 0.25) is 5.88 Å². The van der Waals surface area contributed by atoms with Gasteiger partial charge in [-0.2, -0.15) is 0 Å². The van der Waals surface area contributed by atoms with Crippen molar-refractivity contribution in [3.8, 4) is 17.7 Å². The molecule has 6 heteroatoms. The van der Waals surface area contributed by atoms with Crippen LogP contribution in [0.1, 0.15) is 27.7 Å². The van der Waals surface area contributed by atoms with Gasteiger partial charge < -0.3 is 14.8 Å². The quantitative estimate of drug-likeness (QED) is 0.647. The summed E-state index contributed by atoms with van der Waals surface area (Å²) in [7, 11) is 0. The minimum Gasteiger partial charge on any atom is -0.438 e. The van der Waals surface area contributed by atoms with Crippen LogP contribution in [0.25, 0.3) is 0 Å². The van der Waals surface area contributed by atoms with E-state index < -0.39 is 17.7 Å². The molecule has 5 nitrogen and oxygen atoms in total. The average Bonchev–Trinajstić information content (AvgIpc) is 2.40. The number of hydrogen-bond acceptors (Lipinski definition) is 4. The summed E-state index contributed by atoms with van der Waals surface area (Å²) in [5, 5.41) is 3.24. The van der Waals surface area contributed by atoms with Crippen LogP contribution in [0.15, 0.2) is 18.3 Å². The number of ether oxygens (including phenoxy) is 2. The SMILES string of the molecule is CC#CC(C)(C)NC(=O)C(OCC)Oc1ccc(Cl)cn1. The number of carbonyl (C=O) groups excluding carboxylic acids is 1. The van der Waals surface area contributed by atoms with Crippen LogP contribution in [0.4, 0.5) is 0 Å². The van der Waals surface area contributed by atoms with Gasteiger partial charge in [0.05, 0.1) is 10.6 Å². The molecular weight excluding hydrogens is 292 g/mol. The lowest BCUT2D eigenvalue weighted by molar-refractivity contribution is -0.153. The van der Waals surface area contributed by atoms with E-state index in [-0.39, 0.29) is 5.88 Å². The van der Waals surface area contributed by atoms with Gasteiger partial charge in [0.25, 0.3) is 12.2 Å². The zero-order chi connectivity index (χ0) is 15.9. The van der Waals surface area contributed by atoms with Crippen LogP contribution in [-0.2, 0) is 9.53 Å². The summed E-state index contributed by atoms with van der Waals surface area (Å²) in [6.07, 6.45) is 0.339. The third kappa shape index (κ3) is 6.03. The number of nitrogens with zero attached hydrogens (tertiary/aromatic N) is 1. The highest BCUT2D eigenvalue weighted by Crippen LogP contribution is 2.14. The Morgan fingerprint density at radius 2 is 2.24 bits per heavy atom. The Labute approximate surface area is 130 Å². The largest absolute Gasteiger partial charge is 0.438 e. The van der Waals surface area contributed by atoms with Crippen molar-refractivity contribution in [2.24, 2.45) is 0 Å². The summed E-state index contributed by atoms with van der Waals surface area (Å²) in [4.78, 5) is 16.2. The monoisotopic (exact) mass is 310 g/mol. The van der Waals surface area contributed by atoms with Crippen molar-refractivity contribution in [3.05, 3.63) is 23.4 Å². The van der Waals surface area contributed by atoms with Crippen molar-refractivity contribution in [1.82, 2.24) is 10.3 Å². The summed E-state index contributed by atoms with van der Waals surface area (Å²) in [5.74, 6) is 5.50. The highest BCUT2D eigenvalue weighted by molar-refractivity contribution is 6.30. The van der Waals surface area contributed by atoms with Gasteiger partial charge in [-0.25, -0.2) is 4.98 Å². The first kappa shape index (κ1) is 17.3. The molecule has 1 atom stereocenters. The van der Waals surface area contributed by atoms with E-state index in [1.54, 1.807) is 39.8 Å². The number of halogens is 1. The Kier molecular flexibility index (Phi) is 6.47. The Hall–Kier alpha value is -1.77. The first-order chi connectivity index (χ1) is 9.88. The van der Waals surface area contributed by atoms with Crippen LogP contribution < -0.4 is 10.1 Å². The van der Waals surface area contributed by atoms with Crippen LogP contribution in [0.2, 0.25) is 5.02 Å². The number of aromatic nitrogens is 1. The molecule has 1 heterocycles. The van der Waals surface area contributed by atoms with Crippen LogP contribution in [0, 0.1) is 11.8 Å². The molecule has 1 amide bonds. The minimum absolute atomic E-state index is 0.257. The number of amides is 1. The third-order valence-corrected chi connectivity index (χ3v) is 2.56. The fourth-order valence-corrected chi connectivity index (χ4v) is 1.68. The van der Waals surface area contributed by atoms with Crippen molar-refractivity contribution in [2.75, 3.05) is 6.61 Å². The van der Waals surface area contributed by atoms with Gasteiger partial charge in [0.15, 0.2) is 0 Å². The second kappa shape index (κ2) is 7.87. The van der Waals surface area contributed by atoms with Crippen molar-refractivity contribution in [3.63, 3.8) is 0 Å². The molecule has 0 spiro atoms. The van der Waals surface area contributed by atoms with Gasteiger partial charge in [0, 0.05) is 18.9 Å². The molecule has 0 aliphatic rings. The second-order valence-electron chi connectivity index (χ2n) is 4.71. The lowest BCUT2D eigenvalue weighted by Crippen LogP contribution is -2.49. The summed E-state index contributed by atoms with van der Waals surface area (Å²) < 4.78 is 10.8. The van der Waals surface area contributed by atoms with Gasteiger partial charge >= 0.3 is 0 Å². The molecule has 0 saturated heterocycles. The second-order valence-corrected chi connectivity index (χ2v) is 5.15. The average molecular weight is 311 g/mol. The molecule has 0 aliphatic carbocycles. The maximum atomic E-state index is 12.2. The van der Waals surface area contributed by atoms with Crippen LogP contribution in [0.3, 0.4) is 0 Å². The summed E-state index contributed by atoms with van der Waals surface area (Å²) >= 11 is 5.75. The van der Waals surface area contributed by atoms with Crippen molar-refractivity contribution in [2.45, 2.75) is 39.5 Å². The molecule has 0 aromatic carbocycles. The standard InChI is InChI=1S/C15H19ClN2O3/c1-5-9-15(3,4)18-13(19)14(20-6-2)21-12-8-7-11(16)10-17-12/h7-8,10,14H,6H2,1-4H3,(H,18,19). The van der Waals surface area contributed by atoms with Gasteiger partial charge in [0.1, 0.15) is 0 Å². The molecule has 1 unspecified atom stereocenters. The summed E-state index contributed by atoms with van der Waals surface area (Å²) in [6, 6.07) is 3.19. The zero-order valence-electron chi connectivity index (χ0n) is 12.6. The number of rotatable bonds is 6. The van der Waals surface area contributed by atoms with E-state index in [9.17, 15) is 4.79 Å². The fourth-order valence-electron chi connectivity index (χ4n) is 1.57. The Morgan fingerprint density at radius 3 is 2.76 bits per heavy atom. The third-order valence-electron chi connectivity index (χ3n) is 2.33. The number of nitrogens with one attached hydrogen (secondary N) is 1. The van der Waals surface area contributed by atoms with Crippen LogP contribution in [-0.4, -0.2) is 29.3 Å². The summed E-state index contributed by atoms with van der Waals surface area (Å²) in [5.41, 5.74) is -0.669.